The van der Waals surface area contributed by atoms with E-state index in [1.807, 2.05) is 0 Å². The van der Waals surface area contributed by atoms with Crippen molar-refractivity contribution in [2.45, 2.75) is 82.7 Å². The molecule has 0 spiro atoms. The minimum absolute atomic E-state index is 0.0793. The van der Waals surface area contributed by atoms with Crippen LogP contribution in [-0.4, -0.2) is 35.4 Å². The fraction of sp³-hybridized carbons (Fsp3) is 0.875. The Balaban J connectivity index is 1.89. The van der Waals surface area contributed by atoms with Gasteiger partial charge < -0.3 is 15.4 Å². The molecule has 3 aliphatic rings. The summed E-state index contributed by atoms with van der Waals surface area (Å²) >= 11 is 0. The number of alkyl halides is 3. The summed E-state index contributed by atoms with van der Waals surface area (Å²) in [5.41, 5.74) is -0.940. The minimum Gasteiger partial charge on any atom is -0.444 e. The van der Waals surface area contributed by atoms with Gasteiger partial charge in [-0.1, -0.05) is 0 Å². The first-order valence-corrected chi connectivity index (χ1v) is 8.26. The van der Waals surface area contributed by atoms with Gasteiger partial charge in [0.15, 0.2) is 0 Å². The van der Waals surface area contributed by atoms with Crippen LogP contribution in [0.15, 0.2) is 0 Å². The lowest BCUT2D eigenvalue weighted by Gasteiger charge is -2.62. The Morgan fingerprint density at radius 3 is 2.21 bits per heavy atom. The number of ether oxygens (including phenoxy) is 1. The van der Waals surface area contributed by atoms with Gasteiger partial charge >= 0.3 is 12.3 Å². The molecule has 3 saturated carbocycles. The summed E-state index contributed by atoms with van der Waals surface area (Å²) in [6.07, 6.45) is -3.62. The Hall–Kier alpha value is -1.47. The molecule has 2 bridgehead atoms. The molecule has 0 aromatic rings. The second-order valence-corrected chi connectivity index (χ2v) is 7.95. The van der Waals surface area contributed by atoms with Crippen LogP contribution in [0.4, 0.5) is 18.0 Å². The molecule has 3 fully saturated rings. The van der Waals surface area contributed by atoms with Crippen molar-refractivity contribution in [3.05, 3.63) is 0 Å². The fourth-order valence-electron chi connectivity index (χ4n) is 3.21. The van der Waals surface area contributed by atoms with Crippen LogP contribution in [0.5, 0.6) is 0 Å². The van der Waals surface area contributed by atoms with Crippen LogP contribution in [0.25, 0.3) is 0 Å². The molecule has 0 heterocycles. The molecule has 2 N–H and O–H groups in total. The number of halogens is 3. The van der Waals surface area contributed by atoms with Gasteiger partial charge in [-0.25, -0.2) is 4.79 Å². The molecular formula is C16H25F3N2O3. The van der Waals surface area contributed by atoms with Crippen LogP contribution in [0.1, 0.15) is 59.3 Å². The molecule has 0 aliphatic heterocycles. The Kier molecular flexibility index (Phi) is 5.06. The van der Waals surface area contributed by atoms with E-state index in [2.05, 4.69) is 10.6 Å². The summed E-state index contributed by atoms with van der Waals surface area (Å²) in [7, 11) is 0. The van der Waals surface area contributed by atoms with Gasteiger partial charge in [0.1, 0.15) is 11.6 Å². The SMILES string of the molecule is CC(C)(C)OC(=O)NC(CCCC(F)(F)F)C(=O)NC12CC(C1)C2. The van der Waals surface area contributed by atoms with Crippen molar-refractivity contribution in [2.75, 3.05) is 0 Å². The number of amides is 2. The molecule has 3 aliphatic carbocycles. The highest BCUT2D eigenvalue weighted by Gasteiger charge is 2.57. The van der Waals surface area contributed by atoms with Crippen LogP contribution in [0, 0.1) is 5.92 Å². The quantitative estimate of drug-likeness (QED) is 0.772. The smallest absolute Gasteiger partial charge is 0.408 e. The molecule has 5 nitrogen and oxygen atoms in total. The fourth-order valence-corrected chi connectivity index (χ4v) is 3.21. The van der Waals surface area contributed by atoms with Crippen LogP contribution in [-0.2, 0) is 9.53 Å². The average molecular weight is 350 g/mol. The lowest BCUT2D eigenvalue weighted by atomic mass is 9.50. The standard InChI is InChI=1S/C16H25F3N2O3/c1-14(2,3)24-13(23)20-11(5-4-6-16(17,18)19)12(22)21-15-7-10(8-15)9-15/h10-11H,4-9H2,1-3H3,(H,20,23)(H,21,22). The topological polar surface area (TPSA) is 67.4 Å². The lowest BCUT2D eigenvalue weighted by Crippen LogP contribution is -2.70. The van der Waals surface area contributed by atoms with E-state index in [1.165, 1.54) is 0 Å². The number of rotatable bonds is 6. The highest BCUT2D eigenvalue weighted by molar-refractivity contribution is 5.86. The maximum absolute atomic E-state index is 12.4. The van der Waals surface area contributed by atoms with Crippen molar-refractivity contribution in [3.63, 3.8) is 0 Å². The van der Waals surface area contributed by atoms with Crippen LogP contribution in [0.3, 0.4) is 0 Å². The van der Waals surface area contributed by atoms with E-state index in [-0.39, 0.29) is 18.4 Å². The highest BCUT2D eigenvalue weighted by atomic mass is 19.4. The van der Waals surface area contributed by atoms with Gasteiger partial charge in [0.05, 0.1) is 0 Å². The van der Waals surface area contributed by atoms with E-state index in [0.29, 0.717) is 5.92 Å². The molecule has 138 valence electrons. The molecule has 8 heteroatoms. The zero-order valence-corrected chi connectivity index (χ0v) is 14.3. The summed E-state index contributed by atoms with van der Waals surface area (Å²) in [5.74, 6) is 0.231. The summed E-state index contributed by atoms with van der Waals surface area (Å²) in [5, 5.41) is 5.29. The van der Waals surface area contributed by atoms with Crippen molar-refractivity contribution in [3.8, 4) is 0 Å². The number of hydrogen-bond donors (Lipinski definition) is 2. The summed E-state index contributed by atoms with van der Waals surface area (Å²) in [4.78, 5) is 24.2. The number of alkyl carbamates (subject to hydrolysis) is 1. The molecule has 1 atom stereocenters. The lowest BCUT2D eigenvalue weighted by molar-refractivity contribution is -0.140. The van der Waals surface area contributed by atoms with Gasteiger partial charge in [-0.05, 0) is 58.8 Å². The van der Waals surface area contributed by atoms with Gasteiger partial charge in [0.25, 0.3) is 0 Å². The molecule has 0 aromatic heterocycles. The predicted molar refractivity (Wildman–Crippen MR) is 81.3 cm³/mol. The van der Waals surface area contributed by atoms with E-state index < -0.39 is 36.2 Å². The van der Waals surface area contributed by atoms with E-state index in [4.69, 9.17) is 4.74 Å². The molecule has 3 rings (SSSR count). The molecule has 2 amide bonds. The van der Waals surface area contributed by atoms with Crippen molar-refractivity contribution < 1.29 is 27.5 Å². The normalized spacial score (nSPS) is 26.7. The monoisotopic (exact) mass is 350 g/mol. The first kappa shape index (κ1) is 18.9. The molecule has 24 heavy (non-hydrogen) atoms. The molecule has 0 aromatic carbocycles. The number of carbonyl (C=O) groups is 2. The van der Waals surface area contributed by atoms with E-state index in [1.54, 1.807) is 20.8 Å². The van der Waals surface area contributed by atoms with Crippen LogP contribution in [0.2, 0.25) is 0 Å². The zero-order chi connectivity index (χ0) is 18.2. The van der Waals surface area contributed by atoms with E-state index in [0.717, 1.165) is 19.3 Å². The third-order valence-electron chi connectivity index (χ3n) is 4.39. The Bertz CT molecular complexity index is 483. The summed E-state index contributed by atoms with van der Waals surface area (Å²) in [6.45, 7) is 5.02. The van der Waals surface area contributed by atoms with Crippen molar-refractivity contribution in [1.82, 2.24) is 10.6 Å². The van der Waals surface area contributed by atoms with E-state index in [9.17, 15) is 22.8 Å². The maximum Gasteiger partial charge on any atom is 0.408 e. The Morgan fingerprint density at radius 1 is 1.21 bits per heavy atom. The summed E-state index contributed by atoms with van der Waals surface area (Å²) < 4.78 is 42.1. The van der Waals surface area contributed by atoms with Crippen LogP contribution >= 0.6 is 0 Å². The average Bonchev–Trinajstić information content (AvgIpc) is 2.26. The summed E-state index contributed by atoms with van der Waals surface area (Å²) in [6, 6.07) is -1.02. The number of nitrogens with one attached hydrogen (secondary N) is 2. The molecule has 0 saturated heterocycles. The van der Waals surface area contributed by atoms with Gasteiger partial charge in [-0.2, -0.15) is 13.2 Å². The zero-order valence-electron chi connectivity index (χ0n) is 14.3. The van der Waals surface area contributed by atoms with Crippen molar-refractivity contribution in [2.24, 2.45) is 5.92 Å². The van der Waals surface area contributed by atoms with Gasteiger partial charge in [-0.3, -0.25) is 4.79 Å². The first-order chi connectivity index (χ1) is 10.9. The third kappa shape index (κ3) is 5.27. The first-order valence-electron chi connectivity index (χ1n) is 8.26. The second kappa shape index (κ2) is 6.44. The Labute approximate surface area is 139 Å². The molecule has 1 unspecified atom stereocenters. The van der Waals surface area contributed by atoms with Crippen molar-refractivity contribution >= 4 is 12.0 Å². The minimum atomic E-state index is -4.28. The van der Waals surface area contributed by atoms with Gasteiger partial charge in [0.2, 0.25) is 5.91 Å². The Morgan fingerprint density at radius 2 is 1.79 bits per heavy atom. The highest BCUT2D eigenvalue weighted by Crippen LogP contribution is 2.56. The predicted octanol–water partition coefficient (Wildman–Crippen LogP) is 3.28. The molecular weight excluding hydrogens is 325 g/mol. The van der Waals surface area contributed by atoms with Crippen molar-refractivity contribution in [1.29, 1.82) is 0 Å². The van der Waals surface area contributed by atoms with Crippen LogP contribution < -0.4 is 10.6 Å². The largest absolute Gasteiger partial charge is 0.444 e. The molecule has 0 radical (unpaired) electrons. The van der Waals surface area contributed by atoms with Gasteiger partial charge in [-0.15, -0.1) is 0 Å². The van der Waals surface area contributed by atoms with Gasteiger partial charge in [0, 0.05) is 12.0 Å². The second-order valence-electron chi connectivity index (χ2n) is 7.95. The number of carbonyl (C=O) groups excluding carboxylic acids is 2. The third-order valence-corrected chi connectivity index (χ3v) is 4.39. The number of hydrogen-bond acceptors (Lipinski definition) is 3. The maximum atomic E-state index is 12.4. The van der Waals surface area contributed by atoms with E-state index >= 15 is 0 Å².